The van der Waals surface area contributed by atoms with Gasteiger partial charge in [0.1, 0.15) is 5.76 Å². The minimum atomic E-state index is -0.276. The molecule has 1 amide bonds. The fraction of sp³-hybridized carbons (Fsp3) is 0.571. The van der Waals surface area contributed by atoms with Gasteiger partial charge in [-0.1, -0.05) is 12.1 Å². The molecule has 2 heterocycles. The molecule has 7 heteroatoms. The van der Waals surface area contributed by atoms with Crippen LogP contribution in [-0.4, -0.2) is 27.4 Å². The monoisotopic (exact) mass is 292 g/mol. The molecule has 2 aromatic heterocycles. The molecule has 2 rings (SSSR count). The Morgan fingerprint density at radius 1 is 1.38 bits per heavy atom. The summed E-state index contributed by atoms with van der Waals surface area (Å²) in [5.41, 5.74) is 0.732. The van der Waals surface area contributed by atoms with Crippen molar-refractivity contribution >= 4 is 16.8 Å². The van der Waals surface area contributed by atoms with Gasteiger partial charge < -0.3 is 9.84 Å². The number of carbonyl (C=O) groups excluding carboxylic acids is 1. The number of rotatable bonds is 6. The third kappa shape index (κ3) is 3.29. The third-order valence-electron chi connectivity index (χ3n) is 3.28. The van der Waals surface area contributed by atoms with E-state index in [9.17, 15) is 9.59 Å². The zero-order chi connectivity index (χ0) is 15.4. The van der Waals surface area contributed by atoms with Gasteiger partial charge in [0.2, 0.25) is 5.91 Å². The second-order valence-corrected chi connectivity index (χ2v) is 5.03. The van der Waals surface area contributed by atoms with Crippen LogP contribution in [0.4, 0.5) is 0 Å². The molecule has 114 valence electrons. The Balaban J connectivity index is 2.08. The van der Waals surface area contributed by atoms with Gasteiger partial charge in [0.05, 0.1) is 11.1 Å². The topological polar surface area (TPSA) is 90.0 Å². The van der Waals surface area contributed by atoms with E-state index in [1.807, 2.05) is 13.8 Å². The molecule has 0 fully saturated rings. The highest BCUT2D eigenvalue weighted by Gasteiger charge is 2.14. The minimum Gasteiger partial charge on any atom is -0.360 e. The first-order chi connectivity index (χ1) is 10.0. The number of aryl methyl sites for hydroxylation is 3. The molecular formula is C14H20N4O3. The Kier molecular flexibility index (Phi) is 4.72. The van der Waals surface area contributed by atoms with Gasteiger partial charge in [-0.05, 0) is 26.7 Å². The molecule has 0 atom stereocenters. The first-order valence-electron chi connectivity index (χ1n) is 7.15. The fourth-order valence-corrected chi connectivity index (χ4v) is 2.24. The second kappa shape index (κ2) is 6.51. The van der Waals surface area contributed by atoms with Crippen molar-refractivity contribution in [3.05, 3.63) is 21.8 Å². The molecule has 0 saturated heterocycles. The van der Waals surface area contributed by atoms with Crippen LogP contribution in [0.2, 0.25) is 0 Å². The molecule has 0 saturated carbocycles. The molecule has 0 radical (unpaired) electrons. The van der Waals surface area contributed by atoms with Crippen LogP contribution in [-0.2, 0) is 11.3 Å². The van der Waals surface area contributed by atoms with Crippen molar-refractivity contribution in [1.29, 1.82) is 0 Å². The van der Waals surface area contributed by atoms with E-state index in [0.29, 0.717) is 48.3 Å². The highest BCUT2D eigenvalue weighted by atomic mass is 16.5. The van der Waals surface area contributed by atoms with Crippen molar-refractivity contribution in [3.63, 3.8) is 0 Å². The summed E-state index contributed by atoms with van der Waals surface area (Å²) in [7, 11) is 0. The summed E-state index contributed by atoms with van der Waals surface area (Å²) >= 11 is 0. The number of hydrogen-bond donors (Lipinski definition) is 1. The molecule has 0 aliphatic heterocycles. The number of aromatic nitrogens is 3. The molecule has 2 aromatic rings. The molecule has 0 aromatic carbocycles. The van der Waals surface area contributed by atoms with Crippen LogP contribution in [0.1, 0.15) is 37.6 Å². The summed E-state index contributed by atoms with van der Waals surface area (Å²) in [5.74, 6) is 0.596. The summed E-state index contributed by atoms with van der Waals surface area (Å²) < 4.78 is 6.41. The molecule has 0 unspecified atom stereocenters. The summed E-state index contributed by atoms with van der Waals surface area (Å²) in [6, 6.07) is 0. The predicted molar refractivity (Wildman–Crippen MR) is 78.1 cm³/mol. The van der Waals surface area contributed by atoms with Gasteiger partial charge in [0.15, 0.2) is 5.52 Å². The average molecular weight is 292 g/mol. The van der Waals surface area contributed by atoms with Crippen molar-refractivity contribution < 1.29 is 9.32 Å². The van der Waals surface area contributed by atoms with Gasteiger partial charge in [-0.2, -0.15) is 5.10 Å². The first kappa shape index (κ1) is 15.2. The number of carbonyl (C=O) groups is 1. The fourth-order valence-electron chi connectivity index (χ4n) is 2.24. The van der Waals surface area contributed by atoms with Gasteiger partial charge in [0.25, 0.3) is 5.56 Å². The average Bonchev–Trinajstić information content (AvgIpc) is 2.84. The Morgan fingerprint density at radius 3 is 2.86 bits per heavy atom. The van der Waals surface area contributed by atoms with E-state index in [-0.39, 0.29) is 11.5 Å². The Bertz CT molecular complexity index is 702. The van der Waals surface area contributed by atoms with Gasteiger partial charge in [-0.25, -0.2) is 4.68 Å². The smallest absolute Gasteiger partial charge is 0.296 e. The SMILES string of the molecule is CCCNC(=O)CCCn1nc(C)c2c(C)onc2c1=O. The lowest BCUT2D eigenvalue weighted by molar-refractivity contribution is -0.121. The van der Waals surface area contributed by atoms with E-state index in [2.05, 4.69) is 15.6 Å². The predicted octanol–water partition coefficient (Wildman–Crippen LogP) is 1.31. The van der Waals surface area contributed by atoms with E-state index in [4.69, 9.17) is 4.52 Å². The molecule has 0 bridgehead atoms. The van der Waals surface area contributed by atoms with Gasteiger partial charge in [-0.15, -0.1) is 0 Å². The Labute approximate surface area is 122 Å². The van der Waals surface area contributed by atoms with E-state index < -0.39 is 0 Å². The third-order valence-corrected chi connectivity index (χ3v) is 3.28. The normalized spacial score (nSPS) is 11.0. The van der Waals surface area contributed by atoms with Crippen LogP contribution < -0.4 is 10.9 Å². The van der Waals surface area contributed by atoms with Crippen LogP contribution in [0, 0.1) is 13.8 Å². The number of nitrogens with zero attached hydrogens (tertiary/aromatic N) is 3. The zero-order valence-corrected chi connectivity index (χ0v) is 12.6. The molecule has 0 aliphatic carbocycles. The van der Waals surface area contributed by atoms with Crippen LogP contribution in [0.5, 0.6) is 0 Å². The molecule has 7 nitrogen and oxygen atoms in total. The van der Waals surface area contributed by atoms with E-state index in [0.717, 1.165) is 6.42 Å². The largest absolute Gasteiger partial charge is 0.360 e. The standard InChI is InChI=1S/C14H20N4O3/c1-4-7-15-11(19)6-5-8-18-14(20)13-12(9(2)16-18)10(3)21-17-13/h4-8H2,1-3H3,(H,15,19). The van der Waals surface area contributed by atoms with Gasteiger partial charge >= 0.3 is 0 Å². The number of amides is 1. The summed E-state index contributed by atoms with van der Waals surface area (Å²) in [4.78, 5) is 23.7. The van der Waals surface area contributed by atoms with Gasteiger partial charge in [-0.3, -0.25) is 9.59 Å². The lowest BCUT2D eigenvalue weighted by Gasteiger charge is -2.06. The highest BCUT2D eigenvalue weighted by molar-refractivity contribution is 5.81. The Morgan fingerprint density at radius 2 is 2.14 bits per heavy atom. The maximum Gasteiger partial charge on any atom is 0.296 e. The summed E-state index contributed by atoms with van der Waals surface area (Å²) in [6.07, 6.45) is 1.85. The number of hydrogen-bond acceptors (Lipinski definition) is 5. The van der Waals surface area contributed by atoms with E-state index >= 15 is 0 Å². The maximum atomic E-state index is 12.2. The van der Waals surface area contributed by atoms with Crippen molar-refractivity contribution in [2.24, 2.45) is 0 Å². The minimum absolute atomic E-state index is 0.0000189. The van der Waals surface area contributed by atoms with Crippen LogP contribution in [0.15, 0.2) is 9.32 Å². The highest BCUT2D eigenvalue weighted by Crippen LogP contribution is 2.16. The summed E-state index contributed by atoms with van der Waals surface area (Å²) in [6.45, 7) is 6.64. The van der Waals surface area contributed by atoms with Crippen molar-refractivity contribution in [2.45, 2.75) is 46.6 Å². The molecule has 0 spiro atoms. The molecular weight excluding hydrogens is 272 g/mol. The lowest BCUT2D eigenvalue weighted by atomic mass is 10.2. The van der Waals surface area contributed by atoms with Crippen molar-refractivity contribution in [2.75, 3.05) is 6.54 Å². The van der Waals surface area contributed by atoms with Gasteiger partial charge in [0, 0.05) is 19.5 Å². The first-order valence-corrected chi connectivity index (χ1v) is 7.15. The summed E-state index contributed by atoms with van der Waals surface area (Å²) in [5, 5.41) is 11.5. The van der Waals surface area contributed by atoms with E-state index in [1.54, 1.807) is 6.92 Å². The maximum absolute atomic E-state index is 12.2. The quantitative estimate of drug-likeness (QED) is 0.867. The van der Waals surface area contributed by atoms with Crippen molar-refractivity contribution in [1.82, 2.24) is 20.3 Å². The zero-order valence-electron chi connectivity index (χ0n) is 12.6. The van der Waals surface area contributed by atoms with Crippen LogP contribution >= 0.6 is 0 Å². The lowest BCUT2D eigenvalue weighted by Crippen LogP contribution is -2.27. The molecule has 0 aliphatic rings. The number of fused-ring (bicyclic) bond motifs is 1. The molecule has 1 N–H and O–H groups in total. The molecule has 21 heavy (non-hydrogen) atoms. The van der Waals surface area contributed by atoms with Crippen LogP contribution in [0.3, 0.4) is 0 Å². The van der Waals surface area contributed by atoms with Crippen molar-refractivity contribution in [3.8, 4) is 0 Å². The number of nitrogens with one attached hydrogen (secondary N) is 1. The van der Waals surface area contributed by atoms with Crippen LogP contribution in [0.25, 0.3) is 10.9 Å². The second-order valence-electron chi connectivity index (χ2n) is 5.03. The Hall–Kier alpha value is -2.18. The van der Waals surface area contributed by atoms with E-state index in [1.165, 1.54) is 4.68 Å².